The number of ether oxygens (including phenoxy) is 1. The van der Waals surface area contributed by atoms with Crippen LogP contribution in [0.25, 0.3) is 0 Å². The van der Waals surface area contributed by atoms with Gasteiger partial charge in [0.25, 0.3) is 0 Å². The number of allylic oxidation sites excluding steroid dienone is 5. The average molecular weight is 298 g/mol. The first-order valence-electron chi connectivity index (χ1n) is 8.79. The SMILES string of the molecule is COC1=CC=C2CC(=C1)CC[C@H]1[C@H]2CC[C@]2(C)C(=O)CC[C@@H]12. The lowest BCUT2D eigenvalue weighted by atomic mass is 9.58. The molecule has 4 atom stereocenters. The molecule has 0 heterocycles. The molecular formula is C20H26O2. The summed E-state index contributed by atoms with van der Waals surface area (Å²) in [5.74, 6) is 3.53. The average Bonchev–Trinajstić information content (AvgIpc) is 2.71. The Balaban J connectivity index is 1.70. The molecule has 0 spiro atoms. The van der Waals surface area contributed by atoms with Crippen LogP contribution < -0.4 is 0 Å². The van der Waals surface area contributed by atoms with Crippen molar-refractivity contribution < 1.29 is 9.53 Å². The van der Waals surface area contributed by atoms with Crippen LogP contribution in [0.3, 0.4) is 0 Å². The molecule has 4 aliphatic carbocycles. The van der Waals surface area contributed by atoms with Crippen molar-refractivity contribution in [2.24, 2.45) is 23.2 Å². The molecule has 22 heavy (non-hydrogen) atoms. The number of fused-ring (bicyclic) bond motifs is 6. The summed E-state index contributed by atoms with van der Waals surface area (Å²) in [6.45, 7) is 2.25. The third-order valence-electron chi connectivity index (χ3n) is 6.90. The molecule has 118 valence electrons. The van der Waals surface area contributed by atoms with E-state index in [0.717, 1.165) is 31.4 Å². The molecule has 2 nitrogen and oxygen atoms in total. The Morgan fingerprint density at radius 2 is 2.05 bits per heavy atom. The highest BCUT2D eigenvalue weighted by Gasteiger charge is 2.54. The lowest BCUT2D eigenvalue weighted by molar-refractivity contribution is -0.129. The summed E-state index contributed by atoms with van der Waals surface area (Å²) < 4.78 is 5.45. The van der Waals surface area contributed by atoms with Crippen LogP contribution in [0.4, 0.5) is 0 Å². The second-order valence-corrected chi connectivity index (χ2v) is 7.83. The van der Waals surface area contributed by atoms with E-state index in [1.165, 1.54) is 24.8 Å². The first-order chi connectivity index (χ1) is 10.6. The molecule has 0 radical (unpaired) electrons. The molecule has 0 saturated heterocycles. The Kier molecular flexibility index (Phi) is 3.32. The van der Waals surface area contributed by atoms with Gasteiger partial charge in [0.2, 0.25) is 0 Å². The molecule has 2 bridgehead atoms. The predicted octanol–water partition coefficient (Wildman–Crippen LogP) is 4.58. The Labute approximate surface area is 133 Å². The molecule has 3 fully saturated rings. The number of hydrogen-bond acceptors (Lipinski definition) is 2. The molecule has 0 N–H and O–H groups in total. The minimum atomic E-state index is -0.0157. The fourth-order valence-corrected chi connectivity index (χ4v) is 5.63. The summed E-state index contributed by atoms with van der Waals surface area (Å²) >= 11 is 0. The summed E-state index contributed by atoms with van der Waals surface area (Å²) in [4.78, 5) is 12.4. The third-order valence-corrected chi connectivity index (χ3v) is 6.90. The molecule has 0 unspecified atom stereocenters. The standard InChI is InChI=1S/C20H26O2/c1-20-10-9-16-14-4-5-15(22-2)12-13(11-14)3-6-17(16)18(20)7-8-19(20)21/h4-5,12,16-18H,3,6-11H2,1-2H3/t16-,17-,18-,20-/m0/s1. The number of carbonyl (C=O) groups excluding carboxylic acids is 1. The molecule has 3 saturated carbocycles. The van der Waals surface area contributed by atoms with Gasteiger partial charge in [0.15, 0.2) is 0 Å². The molecule has 0 aromatic heterocycles. The van der Waals surface area contributed by atoms with Gasteiger partial charge in [-0.2, -0.15) is 0 Å². The van der Waals surface area contributed by atoms with Crippen LogP contribution in [0.2, 0.25) is 0 Å². The highest BCUT2D eigenvalue weighted by molar-refractivity contribution is 5.87. The molecule has 2 heteroatoms. The van der Waals surface area contributed by atoms with E-state index in [4.69, 9.17) is 4.74 Å². The molecular weight excluding hydrogens is 272 g/mol. The van der Waals surface area contributed by atoms with Crippen molar-refractivity contribution >= 4 is 5.78 Å². The highest BCUT2D eigenvalue weighted by Crippen LogP contribution is 2.58. The number of methoxy groups -OCH3 is 1. The monoisotopic (exact) mass is 298 g/mol. The van der Waals surface area contributed by atoms with E-state index in [1.54, 1.807) is 12.7 Å². The van der Waals surface area contributed by atoms with E-state index in [2.05, 4.69) is 25.2 Å². The Morgan fingerprint density at radius 1 is 1.18 bits per heavy atom. The van der Waals surface area contributed by atoms with Crippen molar-refractivity contribution in [2.75, 3.05) is 7.11 Å². The van der Waals surface area contributed by atoms with E-state index in [-0.39, 0.29) is 5.41 Å². The van der Waals surface area contributed by atoms with Gasteiger partial charge in [-0.05, 0) is 68.4 Å². The molecule has 4 rings (SSSR count). The van der Waals surface area contributed by atoms with Gasteiger partial charge >= 0.3 is 0 Å². The fraction of sp³-hybridized carbons (Fsp3) is 0.650. The zero-order valence-electron chi connectivity index (χ0n) is 13.7. The van der Waals surface area contributed by atoms with Crippen LogP contribution in [-0.2, 0) is 9.53 Å². The summed E-state index contributed by atoms with van der Waals surface area (Å²) in [6, 6.07) is 0. The maximum atomic E-state index is 12.4. The fourth-order valence-electron chi connectivity index (χ4n) is 5.63. The second-order valence-electron chi connectivity index (χ2n) is 7.83. The van der Waals surface area contributed by atoms with Crippen molar-refractivity contribution in [1.82, 2.24) is 0 Å². The Morgan fingerprint density at radius 3 is 2.86 bits per heavy atom. The molecule has 0 aromatic carbocycles. The van der Waals surface area contributed by atoms with Crippen molar-refractivity contribution in [2.45, 2.75) is 51.9 Å². The number of rotatable bonds is 1. The van der Waals surface area contributed by atoms with Gasteiger partial charge in [-0.25, -0.2) is 0 Å². The van der Waals surface area contributed by atoms with Gasteiger partial charge in [-0.3, -0.25) is 4.79 Å². The van der Waals surface area contributed by atoms with Crippen molar-refractivity contribution in [3.05, 3.63) is 35.1 Å². The highest BCUT2D eigenvalue weighted by atomic mass is 16.5. The Hall–Kier alpha value is -1.31. The van der Waals surface area contributed by atoms with Gasteiger partial charge in [0.05, 0.1) is 7.11 Å². The van der Waals surface area contributed by atoms with Crippen molar-refractivity contribution in [3.63, 3.8) is 0 Å². The largest absolute Gasteiger partial charge is 0.497 e. The first kappa shape index (κ1) is 14.3. The number of hydrogen-bond donors (Lipinski definition) is 0. The van der Waals surface area contributed by atoms with E-state index in [1.807, 2.05) is 0 Å². The predicted molar refractivity (Wildman–Crippen MR) is 87.2 cm³/mol. The molecule has 4 aliphatic rings. The van der Waals surface area contributed by atoms with Crippen molar-refractivity contribution in [1.29, 1.82) is 0 Å². The van der Waals surface area contributed by atoms with E-state index in [0.29, 0.717) is 23.5 Å². The summed E-state index contributed by atoms with van der Waals surface area (Å²) in [5, 5.41) is 0. The van der Waals surface area contributed by atoms with E-state index < -0.39 is 0 Å². The number of ketones is 1. The normalized spacial score (nSPS) is 40.5. The Bertz CT molecular complexity index is 595. The molecule has 0 aromatic rings. The van der Waals surface area contributed by atoms with Gasteiger partial charge in [-0.1, -0.05) is 24.1 Å². The molecule has 0 aliphatic heterocycles. The third kappa shape index (κ3) is 2.03. The number of Topliss-reactive ketones (excluding diaryl/α,β-unsaturated/α-hetero) is 1. The van der Waals surface area contributed by atoms with Crippen LogP contribution in [0.15, 0.2) is 35.1 Å². The minimum absolute atomic E-state index is 0.0157. The van der Waals surface area contributed by atoms with Crippen LogP contribution in [0.1, 0.15) is 51.9 Å². The quantitative estimate of drug-likeness (QED) is 0.708. The molecule has 0 amide bonds. The van der Waals surface area contributed by atoms with E-state index in [9.17, 15) is 4.79 Å². The van der Waals surface area contributed by atoms with Crippen LogP contribution >= 0.6 is 0 Å². The van der Waals surface area contributed by atoms with E-state index >= 15 is 0 Å². The van der Waals surface area contributed by atoms with Gasteiger partial charge in [-0.15, -0.1) is 0 Å². The smallest absolute Gasteiger partial charge is 0.139 e. The summed E-state index contributed by atoms with van der Waals surface area (Å²) in [6.07, 6.45) is 14.4. The summed E-state index contributed by atoms with van der Waals surface area (Å²) in [7, 11) is 1.75. The van der Waals surface area contributed by atoms with Gasteiger partial charge in [0, 0.05) is 11.8 Å². The van der Waals surface area contributed by atoms with Crippen LogP contribution in [-0.4, -0.2) is 12.9 Å². The lowest BCUT2D eigenvalue weighted by Gasteiger charge is -2.45. The van der Waals surface area contributed by atoms with Gasteiger partial charge in [0.1, 0.15) is 11.5 Å². The minimum Gasteiger partial charge on any atom is -0.497 e. The number of carbonyl (C=O) groups is 1. The lowest BCUT2D eigenvalue weighted by Crippen LogP contribution is -2.41. The second kappa shape index (κ2) is 5.11. The van der Waals surface area contributed by atoms with Crippen LogP contribution in [0.5, 0.6) is 0 Å². The summed E-state index contributed by atoms with van der Waals surface area (Å²) in [5.41, 5.74) is 3.08. The maximum Gasteiger partial charge on any atom is 0.139 e. The first-order valence-corrected chi connectivity index (χ1v) is 8.79. The topological polar surface area (TPSA) is 26.3 Å². The zero-order valence-corrected chi connectivity index (χ0v) is 13.7. The maximum absolute atomic E-state index is 12.4. The van der Waals surface area contributed by atoms with Crippen LogP contribution in [0, 0.1) is 23.2 Å². The zero-order chi connectivity index (χ0) is 15.3. The van der Waals surface area contributed by atoms with Crippen molar-refractivity contribution in [3.8, 4) is 0 Å². The van der Waals surface area contributed by atoms with Gasteiger partial charge < -0.3 is 4.74 Å².